The number of aliphatic hydroxyl groups is 1. The van der Waals surface area contributed by atoms with Gasteiger partial charge in [0.1, 0.15) is 0 Å². The summed E-state index contributed by atoms with van der Waals surface area (Å²) in [5.74, 6) is 0.0728. The maximum Gasteiger partial charge on any atom is 0.240 e. The molecule has 0 bridgehead atoms. The Kier molecular flexibility index (Phi) is 3.73. The molecule has 1 aromatic carbocycles. The molecule has 0 amide bonds. The highest BCUT2D eigenvalue weighted by Crippen LogP contribution is 2.31. The van der Waals surface area contributed by atoms with Gasteiger partial charge in [-0.1, -0.05) is 32.9 Å². The smallest absolute Gasteiger partial charge is 0.240 e. The van der Waals surface area contributed by atoms with Crippen LogP contribution < -0.4 is 4.72 Å². The zero-order valence-electron chi connectivity index (χ0n) is 11.6. The van der Waals surface area contributed by atoms with Crippen molar-refractivity contribution in [2.24, 2.45) is 5.92 Å². The molecule has 1 fully saturated rings. The van der Waals surface area contributed by atoms with E-state index in [2.05, 4.69) is 25.5 Å². The van der Waals surface area contributed by atoms with E-state index in [1.807, 2.05) is 12.1 Å². The van der Waals surface area contributed by atoms with Crippen LogP contribution in [0.1, 0.15) is 32.8 Å². The topological polar surface area (TPSA) is 66.4 Å². The fourth-order valence-corrected chi connectivity index (χ4v) is 3.31. The fraction of sp³-hybridized carbons (Fsp3) is 0.571. The van der Waals surface area contributed by atoms with Crippen molar-refractivity contribution >= 4 is 10.0 Å². The molecule has 0 unspecified atom stereocenters. The van der Waals surface area contributed by atoms with Crippen LogP contribution in [0.25, 0.3) is 0 Å². The second-order valence-electron chi connectivity index (χ2n) is 6.18. The largest absolute Gasteiger partial charge is 0.396 e. The lowest BCUT2D eigenvalue weighted by Crippen LogP contribution is -2.27. The van der Waals surface area contributed by atoms with E-state index in [0.29, 0.717) is 0 Å². The van der Waals surface area contributed by atoms with E-state index >= 15 is 0 Å². The number of hydrogen-bond acceptors (Lipinski definition) is 3. The Morgan fingerprint density at radius 1 is 1.26 bits per heavy atom. The van der Waals surface area contributed by atoms with Gasteiger partial charge in [0.25, 0.3) is 0 Å². The molecule has 0 aromatic heterocycles. The molecule has 0 radical (unpaired) electrons. The number of hydrogen-bond donors (Lipinski definition) is 2. The minimum absolute atomic E-state index is 0.00813. The van der Waals surface area contributed by atoms with Crippen LogP contribution in [0.4, 0.5) is 0 Å². The number of aliphatic hydroxyl groups excluding tert-OH is 1. The second-order valence-corrected chi connectivity index (χ2v) is 7.89. The van der Waals surface area contributed by atoms with E-state index in [1.54, 1.807) is 12.1 Å². The molecular formula is C14H21NO3S. The first-order valence-corrected chi connectivity index (χ1v) is 7.96. The molecule has 1 aliphatic rings. The summed E-state index contributed by atoms with van der Waals surface area (Å²) in [5, 5.41) is 8.93. The first-order valence-electron chi connectivity index (χ1n) is 6.48. The van der Waals surface area contributed by atoms with Crippen LogP contribution in [0.15, 0.2) is 29.2 Å². The molecule has 19 heavy (non-hydrogen) atoms. The number of nitrogens with one attached hydrogen (secondary N) is 1. The molecule has 0 spiro atoms. The van der Waals surface area contributed by atoms with Crippen LogP contribution in [-0.2, 0) is 15.4 Å². The lowest BCUT2D eigenvalue weighted by molar-refractivity contribution is 0.273. The van der Waals surface area contributed by atoms with Crippen molar-refractivity contribution in [2.75, 3.05) is 6.61 Å². The molecule has 1 saturated carbocycles. The van der Waals surface area contributed by atoms with Gasteiger partial charge in [0.05, 0.1) is 4.90 Å². The summed E-state index contributed by atoms with van der Waals surface area (Å²) in [6, 6.07) is 6.87. The predicted molar refractivity (Wildman–Crippen MR) is 74.4 cm³/mol. The Bertz CT molecular complexity index is 543. The molecule has 0 aliphatic heterocycles. The molecular weight excluding hydrogens is 262 g/mol. The monoisotopic (exact) mass is 283 g/mol. The van der Waals surface area contributed by atoms with Gasteiger partial charge < -0.3 is 5.11 Å². The van der Waals surface area contributed by atoms with E-state index in [-0.39, 0.29) is 28.9 Å². The Morgan fingerprint density at radius 2 is 1.84 bits per heavy atom. The maximum atomic E-state index is 12.1. The highest BCUT2D eigenvalue weighted by molar-refractivity contribution is 7.89. The van der Waals surface area contributed by atoms with Gasteiger partial charge in [-0.25, -0.2) is 13.1 Å². The number of benzene rings is 1. The first kappa shape index (κ1) is 14.5. The number of rotatable bonds is 4. The zero-order chi connectivity index (χ0) is 14.3. The minimum Gasteiger partial charge on any atom is -0.396 e. The van der Waals surface area contributed by atoms with Gasteiger partial charge in [-0.2, -0.15) is 0 Å². The van der Waals surface area contributed by atoms with Crippen molar-refractivity contribution in [3.63, 3.8) is 0 Å². The van der Waals surface area contributed by atoms with E-state index in [4.69, 9.17) is 5.11 Å². The molecule has 1 aliphatic carbocycles. The third kappa shape index (κ3) is 3.35. The fourth-order valence-electron chi connectivity index (χ4n) is 2.00. The average molecular weight is 283 g/mol. The second kappa shape index (κ2) is 4.89. The minimum atomic E-state index is -3.46. The lowest BCUT2D eigenvalue weighted by Gasteiger charge is -2.19. The third-order valence-corrected chi connectivity index (χ3v) is 5.00. The highest BCUT2D eigenvalue weighted by Gasteiger charge is 2.39. The van der Waals surface area contributed by atoms with Crippen LogP contribution in [0.3, 0.4) is 0 Å². The van der Waals surface area contributed by atoms with Crippen molar-refractivity contribution < 1.29 is 13.5 Å². The van der Waals surface area contributed by atoms with Crippen molar-refractivity contribution in [2.45, 2.75) is 43.5 Å². The van der Waals surface area contributed by atoms with Crippen LogP contribution in [0, 0.1) is 5.92 Å². The Morgan fingerprint density at radius 3 is 2.26 bits per heavy atom. The Labute approximate surface area is 114 Å². The summed E-state index contributed by atoms with van der Waals surface area (Å²) in [6.07, 6.45) is 0.718. The summed E-state index contributed by atoms with van der Waals surface area (Å²) in [4.78, 5) is 0.282. The van der Waals surface area contributed by atoms with Crippen molar-refractivity contribution in [3.8, 4) is 0 Å². The highest BCUT2D eigenvalue weighted by atomic mass is 32.2. The zero-order valence-corrected chi connectivity index (χ0v) is 12.4. The summed E-state index contributed by atoms with van der Waals surface area (Å²) in [5.41, 5.74) is 1.11. The number of sulfonamides is 1. The lowest BCUT2D eigenvalue weighted by atomic mass is 9.87. The molecule has 0 saturated heterocycles. The van der Waals surface area contributed by atoms with E-state index in [9.17, 15) is 8.42 Å². The van der Waals surface area contributed by atoms with E-state index in [0.717, 1.165) is 12.0 Å². The van der Waals surface area contributed by atoms with Gasteiger partial charge in [0.15, 0.2) is 0 Å². The van der Waals surface area contributed by atoms with Gasteiger partial charge in [0.2, 0.25) is 10.0 Å². The van der Waals surface area contributed by atoms with Gasteiger partial charge in [0, 0.05) is 12.6 Å². The van der Waals surface area contributed by atoms with Crippen molar-refractivity contribution in [1.29, 1.82) is 0 Å². The predicted octanol–water partition coefficient (Wildman–Crippen LogP) is 1.64. The van der Waals surface area contributed by atoms with Crippen molar-refractivity contribution in [3.05, 3.63) is 29.8 Å². The molecule has 106 valence electrons. The summed E-state index contributed by atoms with van der Waals surface area (Å²) in [7, 11) is -3.46. The standard InChI is InChI=1S/C14H21NO3S/c1-14(2,3)11-4-6-12(7-5-11)19(17,18)15-13-8-10(13)9-16/h4-7,10,13,15-16H,8-9H2,1-3H3/t10-,13-/m1/s1. The molecule has 1 aromatic rings. The summed E-state index contributed by atoms with van der Waals surface area (Å²) < 4.78 is 26.8. The van der Waals surface area contributed by atoms with Gasteiger partial charge >= 0.3 is 0 Å². The Balaban J connectivity index is 2.13. The van der Waals surface area contributed by atoms with Gasteiger partial charge in [-0.3, -0.25) is 0 Å². The van der Waals surface area contributed by atoms with Gasteiger partial charge in [-0.05, 0) is 35.4 Å². The molecule has 2 rings (SSSR count). The Hall–Kier alpha value is -0.910. The quantitative estimate of drug-likeness (QED) is 0.883. The SMILES string of the molecule is CC(C)(C)c1ccc(S(=O)(=O)N[C@@H]2C[C@@H]2CO)cc1. The van der Waals surface area contributed by atoms with Crippen LogP contribution in [-0.4, -0.2) is 26.2 Å². The van der Waals surface area contributed by atoms with Gasteiger partial charge in [-0.15, -0.1) is 0 Å². The van der Waals surface area contributed by atoms with Crippen LogP contribution in [0.2, 0.25) is 0 Å². The van der Waals surface area contributed by atoms with E-state index < -0.39 is 10.0 Å². The van der Waals surface area contributed by atoms with Crippen molar-refractivity contribution in [1.82, 2.24) is 4.72 Å². The maximum absolute atomic E-state index is 12.1. The molecule has 0 heterocycles. The summed E-state index contributed by atoms with van der Waals surface area (Å²) in [6.45, 7) is 6.30. The summed E-state index contributed by atoms with van der Waals surface area (Å²) >= 11 is 0. The normalized spacial score (nSPS) is 23.4. The molecule has 2 atom stereocenters. The molecule has 5 heteroatoms. The first-order chi connectivity index (χ1) is 8.74. The third-order valence-electron chi connectivity index (χ3n) is 3.49. The van der Waals surface area contributed by atoms with Crippen LogP contribution in [0.5, 0.6) is 0 Å². The molecule has 2 N–H and O–H groups in total. The average Bonchev–Trinajstić information content (AvgIpc) is 3.06. The van der Waals surface area contributed by atoms with E-state index in [1.165, 1.54) is 0 Å². The molecule has 4 nitrogen and oxygen atoms in total. The van der Waals surface area contributed by atoms with Crippen LogP contribution >= 0.6 is 0 Å².